The number of aliphatic hydroxyl groups is 3. The van der Waals surface area contributed by atoms with Crippen LogP contribution in [0.3, 0.4) is 0 Å². The molecule has 5 rings (SSSR count). The summed E-state index contributed by atoms with van der Waals surface area (Å²) in [6.07, 6.45) is 11.1. The van der Waals surface area contributed by atoms with Crippen molar-refractivity contribution in [2.45, 2.75) is 232 Å². The number of aliphatic hydroxyl groups excluding tert-OH is 2. The van der Waals surface area contributed by atoms with Crippen molar-refractivity contribution < 1.29 is 91.7 Å². The average Bonchev–Trinajstić information content (AvgIpc) is 1.54. The lowest BCUT2D eigenvalue weighted by Crippen LogP contribution is -2.57. The van der Waals surface area contributed by atoms with Crippen molar-refractivity contribution in [1.29, 1.82) is 0 Å². The number of carbonyl (C=O) groups excluding carboxylic acids is 11. The molecule has 1 unspecified atom stereocenters. The zero-order valence-corrected chi connectivity index (χ0v) is 55.9. The lowest BCUT2D eigenvalue weighted by Gasteiger charge is -2.41. The van der Waals surface area contributed by atoms with Gasteiger partial charge in [-0.3, -0.25) is 38.5 Å². The molecule has 24 nitrogen and oxygen atoms in total. The summed E-state index contributed by atoms with van der Waals surface area (Å²) < 4.78 is 29.9. The van der Waals surface area contributed by atoms with Crippen molar-refractivity contribution in [3.05, 3.63) is 83.5 Å². The highest BCUT2D eigenvalue weighted by molar-refractivity contribution is 6.12. The monoisotopic (exact) mass is 1300 g/mol. The number of piperazine rings is 1. The van der Waals surface area contributed by atoms with E-state index in [-0.39, 0.29) is 138 Å². The van der Waals surface area contributed by atoms with Crippen LogP contribution in [-0.2, 0) is 79.9 Å². The maximum Gasteiger partial charge on any atom is 0.410 e. The molecular formula is C69H101N5O19. The molecule has 516 valence electrons. The second-order valence-corrected chi connectivity index (χ2v) is 25.8. The highest BCUT2D eigenvalue weighted by Crippen LogP contribution is 2.38. The Morgan fingerprint density at radius 3 is 2.22 bits per heavy atom. The Bertz CT molecular complexity index is 2830. The number of Topliss-reactive ketones (excluding diaryl/α,β-unsaturated/α-hetero) is 2. The number of allylic oxidation sites excluding steroid dienone is 2. The normalized spacial score (nSPS) is 25.0. The number of carbonyl (C=O) groups is 9. The molecule has 1 aromatic carbocycles. The van der Waals surface area contributed by atoms with E-state index in [1.54, 1.807) is 74.2 Å². The van der Waals surface area contributed by atoms with Crippen molar-refractivity contribution in [2.24, 2.45) is 29.4 Å². The van der Waals surface area contributed by atoms with E-state index in [0.29, 0.717) is 68.1 Å². The Kier molecular flexibility index (Phi) is 32.2. The second-order valence-electron chi connectivity index (χ2n) is 25.8. The first-order valence-corrected chi connectivity index (χ1v) is 32.7. The van der Waals surface area contributed by atoms with E-state index in [9.17, 15) is 58.5 Å². The Balaban J connectivity index is 0.00000602. The maximum absolute atomic E-state index is 14.2. The van der Waals surface area contributed by atoms with Gasteiger partial charge in [0.15, 0.2) is 11.9 Å². The summed E-state index contributed by atoms with van der Waals surface area (Å²) in [6, 6.07) is 5.67. The summed E-state index contributed by atoms with van der Waals surface area (Å²) in [5.41, 5.74) is 4.98. The van der Waals surface area contributed by atoms with Crippen LogP contribution in [0.1, 0.15) is 170 Å². The highest BCUT2D eigenvalue weighted by Gasteiger charge is 2.47. The average molecular weight is 1300 g/mol. The van der Waals surface area contributed by atoms with Crippen LogP contribution in [0.5, 0.6) is 0 Å². The van der Waals surface area contributed by atoms with Crippen molar-refractivity contribution in [3.8, 4) is 0 Å². The van der Waals surface area contributed by atoms with Gasteiger partial charge in [0.1, 0.15) is 24.1 Å². The smallest absolute Gasteiger partial charge is 0.410 e. The number of imide groups is 1. The summed E-state index contributed by atoms with van der Waals surface area (Å²) in [4.78, 5) is 138. The van der Waals surface area contributed by atoms with Gasteiger partial charge in [-0.05, 0) is 101 Å². The third-order valence-corrected chi connectivity index (χ3v) is 17.9. The third-order valence-electron chi connectivity index (χ3n) is 17.9. The molecule has 13 atom stereocenters. The van der Waals surface area contributed by atoms with Crippen LogP contribution in [-0.4, -0.2) is 183 Å². The molecule has 1 aromatic rings. The summed E-state index contributed by atoms with van der Waals surface area (Å²) in [7, 11) is 1.50. The van der Waals surface area contributed by atoms with Crippen LogP contribution in [0, 0.1) is 23.7 Å². The number of esters is 1. The number of rotatable bonds is 32. The molecule has 0 aromatic heterocycles. The van der Waals surface area contributed by atoms with Gasteiger partial charge in [0.05, 0.1) is 48.5 Å². The van der Waals surface area contributed by atoms with E-state index >= 15 is 0 Å². The Morgan fingerprint density at radius 2 is 1.59 bits per heavy atom. The zero-order chi connectivity index (χ0) is 69.2. The number of amides is 6. The van der Waals surface area contributed by atoms with Crippen molar-refractivity contribution in [3.63, 3.8) is 0 Å². The van der Waals surface area contributed by atoms with Gasteiger partial charge in [0, 0.05) is 95.3 Å². The minimum Gasteiger partial charge on any atom is -0.457 e. The molecule has 2 fully saturated rings. The highest BCUT2D eigenvalue weighted by atomic mass is 16.6. The maximum atomic E-state index is 14.2. The summed E-state index contributed by atoms with van der Waals surface area (Å²) in [6.45, 7) is 17.2. The number of nitrogens with one attached hydrogen (secondary N) is 1. The zero-order valence-electron chi connectivity index (χ0n) is 55.9. The van der Waals surface area contributed by atoms with Gasteiger partial charge in [-0.2, -0.15) is 9.59 Å². The van der Waals surface area contributed by atoms with Gasteiger partial charge < -0.3 is 59.9 Å². The Labute approximate surface area is 547 Å². The van der Waals surface area contributed by atoms with Crippen molar-refractivity contribution in [1.82, 2.24) is 20.0 Å². The topological polar surface area (TPSA) is 346 Å². The van der Waals surface area contributed by atoms with Gasteiger partial charge >= 0.3 is 24.3 Å². The number of ether oxygens (including phenoxy) is 5. The minimum atomic E-state index is -1.22. The molecule has 24 heteroatoms. The van der Waals surface area contributed by atoms with Crippen LogP contribution in [0.4, 0.5) is 9.59 Å². The molecule has 0 spiro atoms. The quantitative estimate of drug-likeness (QED) is 0.00934. The molecule has 0 radical (unpaired) electrons. The fraction of sp³-hybridized carbons (Fsp3) is 0.652. The molecule has 0 aliphatic carbocycles. The number of nitrogens with two attached hydrogens (primary N) is 1. The number of primary amides is 1. The Hall–Kier alpha value is -7.21. The Morgan fingerprint density at radius 1 is 0.935 bits per heavy atom. The van der Waals surface area contributed by atoms with Crippen LogP contribution < -0.4 is 11.1 Å². The van der Waals surface area contributed by atoms with Gasteiger partial charge in [-0.25, -0.2) is 9.59 Å². The standard InChI is InChI=1S/C68H101N5O17.CO2/c1-11-49-41-71(65(83)89-57-28-23-45(6)62(90-61(81)39-51(75)31-33-68(57,9)86-10)44(5)19-18-32-67(8,85)40-56-63(88-56)46(7)54(76)12-2)35-36-72(49)66(84)87-42-48-26-24-47(25-27-48)37-55(77)53(21-15-16-22-58(69)78)70-64(82)52(43(3)4)38-50(74)20-14-13-17-34-73-59(79)29-30-60(73)80;2-1-3/h18-19,23-30,32,43,45-46,49,51-54,56-57,62-63,75-76,85H,11-17,20-22,31,33-42H2,1-10H3,(H2,69,78)(H,70,82);/b28-23+,32-18+,44-19+;/t45-,46+,49?,51+,52-,53-,54-,56+,57-,62+,63+,67-,68+;/m0./s1. The second kappa shape index (κ2) is 38.2. The molecule has 0 saturated carbocycles. The minimum absolute atomic E-state index is 0.0139. The first-order chi connectivity index (χ1) is 44.0. The van der Waals surface area contributed by atoms with Gasteiger partial charge in [0.2, 0.25) is 11.8 Å². The van der Waals surface area contributed by atoms with Crippen molar-refractivity contribution >= 4 is 59.5 Å². The van der Waals surface area contributed by atoms with E-state index in [1.807, 2.05) is 47.6 Å². The van der Waals surface area contributed by atoms with Gasteiger partial charge in [-0.1, -0.05) is 103 Å². The van der Waals surface area contributed by atoms with Gasteiger partial charge in [0.25, 0.3) is 11.8 Å². The van der Waals surface area contributed by atoms with E-state index in [0.717, 1.165) is 4.90 Å². The summed E-state index contributed by atoms with van der Waals surface area (Å²) >= 11 is 0. The first kappa shape index (κ1) is 78.2. The lowest BCUT2D eigenvalue weighted by atomic mass is 9.88. The first-order valence-electron chi connectivity index (χ1n) is 32.7. The molecule has 93 heavy (non-hydrogen) atoms. The third kappa shape index (κ3) is 25.6. The largest absolute Gasteiger partial charge is 0.457 e. The molecular weight excluding hydrogens is 1200 g/mol. The molecule has 2 saturated heterocycles. The van der Waals surface area contributed by atoms with Crippen LogP contribution in [0.25, 0.3) is 0 Å². The van der Waals surface area contributed by atoms with Gasteiger partial charge in [-0.15, -0.1) is 0 Å². The van der Waals surface area contributed by atoms with E-state index < -0.39 is 89.5 Å². The lowest BCUT2D eigenvalue weighted by molar-refractivity contribution is -0.192. The SMILES string of the molecule is CCC1CN(C(=O)O[C@H]2/C=C/[C@H](C)[C@@H](/C(C)=C/C=C/[C@](C)(O)C[C@H]3O[C@@H]3[C@H](C)[C@@H](O)CC)OC(=O)C[C@H](O)CC[C@@]2(C)OC)CCN1C(=O)OCc1ccc(CC(=O)[C@H](CCCCC(N)=O)NC(=O)[C@@H](CC(=O)CCCCCN2C(=O)C=CC2=O)C(C)C)cc1.O=C=O. The summed E-state index contributed by atoms with van der Waals surface area (Å²) in [5, 5.41) is 35.4. The molecule has 4 aliphatic heterocycles. The fourth-order valence-corrected chi connectivity index (χ4v) is 11.7. The van der Waals surface area contributed by atoms with E-state index in [4.69, 9.17) is 39.0 Å². The van der Waals surface area contributed by atoms with Crippen LogP contribution in [0.2, 0.25) is 0 Å². The number of hydrogen-bond donors (Lipinski definition) is 5. The van der Waals surface area contributed by atoms with Crippen molar-refractivity contribution in [2.75, 3.05) is 33.3 Å². The number of hydrogen-bond acceptors (Lipinski definition) is 19. The predicted octanol–water partition coefficient (Wildman–Crippen LogP) is 6.87. The number of cyclic esters (lactones) is 1. The number of epoxide rings is 1. The number of unbranched alkanes of at least 4 members (excludes halogenated alkanes) is 3. The molecule has 4 aliphatic rings. The number of benzene rings is 1. The number of ketones is 2. The molecule has 0 bridgehead atoms. The van der Waals surface area contributed by atoms with E-state index in [1.165, 1.54) is 24.2 Å². The summed E-state index contributed by atoms with van der Waals surface area (Å²) in [5.74, 6) is -3.97. The number of methoxy groups -OCH3 is 1. The van der Waals surface area contributed by atoms with Crippen LogP contribution in [0.15, 0.2) is 72.4 Å². The fourth-order valence-electron chi connectivity index (χ4n) is 11.7. The van der Waals surface area contributed by atoms with E-state index in [2.05, 4.69) is 5.32 Å². The molecule has 4 heterocycles. The molecule has 6 amide bonds. The predicted molar refractivity (Wildman–Crippen MR) is 341 cm³/mol. The molecule has 6 N–H and O–H groups in total. The van der Waals surface area contributed by atoms with Crippen LogP contribution >= 0.6 is 0 Å². The number of nitrogens with zero attached hydrogens (tertiary/aromatic N) is 3.